The first-order valence-electron chi connectivity index (χ1n) is 7.13. The lowest BCUT2D eigenvalue weighted by atomic mass is 9.66. The summed E-state index contributed by atoms with van der Waals surface area (Å²) in [7, 11) is 2.67. The van der Waals surface area contributed by atoms with Crippen molar-refractivity contribution in [2.24, 2.45) is 11.8 Å². The van der Waals surface area contributed by atoms with Gasteiger partial charge in [0.05, 0.1) is 26.1 Å². The minimum absolute atomic E-state index is 0.364. The summed E-state index contributed by atoms with van der Waals surface area (Å²) in [5.74, 6) is -1.81. The van der Waals surface area contributed by atoms with Crippen LogP contribution in [0.5, 0.6) is 0 Å². The van der Waals surface area contributed by atoms with Gasteiger partial charge >= 0.3 is 11.9 Å². The third-order valence-corrected chi connectivity index (χ3v) is 3.84. The number of allylic oxidation sites excluding steroid dienone is 1. The molecule has 0 amide bonds. The van der Waals surface area contributed by atoms with Crippen molar-refractivity contribution in [2.45, 2.75) is 39.0 Å². The van der Waals surface area contributed by atoms with Crippen molar-refractivity contribution >= 4 is 11.9 Å². The second-order valence-electron chi connectivity index (χ2n) is 5.00. The summed E-state index contributed by atoms with van der Waals surface area (Å²) in [6.45, 7) is 5.90. The van der Waals surface area contributed by atoms with Gasteiger partial charge in [0.1, 0.15) is 0 Å². The molecule has 0 spiro atoms. The van der Waals surface area contributed by atoms with Crippen LogP contribution >= 0.6 is 0 Å². The molecule has 0 heterocycles. The Kier molecular flexibility index (Phi) is 6.49. The number of methoxy groups -OCH3 is 2. The Morgan fingerprint density at radius 3 is 2.20 bits per heavy atom. The SMILES string of the molecule is C=CC1=C(CCCCCC)[C@H](C(=O)OC)[C@H]1C(=O)OC. The van der Waals surface area contributed by atoms with E-state index in [1.807, 2.05) is 0 Å². The highest BCUT2D eigenvalue weighted by atomic mass is 16.5. The molecule has 0 N–H and O–H groups in total. The van der Waals surface area contributed by atoms with E-state index in [1.165, 1.54) is 27.1 Å². The van der Waals surface area contributed by atoms with Gasteiger partial charge in [0.15, 0.2) is 0 Å². The molecule has 112 valence electrons. The summed E-state index contributed by atoms with van der Waals surface area (Å²) < 4.78 is 9.59. The van der Waals surface area contributed by atoms with Crippen molar-refractivity contribution in [2.75, 3.05) is 14.2 Å². The van der Waals surface area contributed by atoms with E-state index in [-0.39, 0.29) is 5.97 Å². The van der Waals surface area contributed by atoms with Crippen molar-refractivity contribution < 1.29 is 19.1 Å². The van der Waals surface area contributed by atoms with Crippen LogP contribution in [0.1, 0.15) is 39.0 Å². The fourth-order valence-electron chi connectivity index (χ4n) is 2.76. The van der Waals surface area contributed by atoms with E-state index in [4.69, 9.17) is 9.47 Å². The molecule has 1 aliphatic carbocycles. The van der Waals surface area contributed by atoms with Gasteiger partial charge in [0, 0.05) is 0 Å². The lowest BCUT2D eigenvalue weighted by molar-refractivity contribution is -0.156. The van der Waals surface area contributed by atoms with E-state index < -0.39 is 17.8 Å². The first-order chi connectivity index (χ1) is 9.62. The maximum Gasteiger partial charge on any atom is 0.314 e. The molecule has 20 heavy (non-hydrogen) atoms. The first kappa shape index (κ1) is 16.5. The molecule has 0 aromatic heterocycles. The van der Waals surface area contributed by atoms with Gasteiger partial charge in [-0.1, -0.05) is 44.4 Å². The molecule has 4 nitrogen and oxygen atoms in total. The minimum Gasteiger partial charge on any atom is -0.469 e. The van der Waals surface area contributed by atoms with E-state index >= 15 is 0 Å². The molecule has 0 saturated carbocycles. The van der Waals surface area contributed by atoms with E-state index in [1.54, 1.807) is 6.08 Å². The lowest BCUT2D eigenvalue weighted by Crippen LogP contribution is -2.42. The van der Waals surface area contributed by atoms with Crippen molar-refractivity contribution in [3.8, 4) is 0 Å². The highest BCUT2D eigenvalue weighted by Gasteiger charge is 2.48. The first-order valence-corrected chi connectivity index (χ1v) is 7.13. The molecular formula is C16H24O4. The lowest BCUT2D eigenvalue weighted by Gasteiger charge is -2.37. The van der Waals surface area contributed by atoms with Crippen LogP contribution in [-0.2, 0) is 19.1 Å². The van der Waals surface area contributed by atoms with Crippen LogP contribution in [0.15, 0.2) is 23.8 Å². The number of carbonyl (C=O) groups excluding carboxylic acids is 2. The standard InChI is InChI=1S/C16H24O4/c1-5-7-8-9-10-12-11(6-2)13(15(17)19-3)14(12)16(18)20-4/h6,13-14H,2,5,7-10H2,1,3-4H3/t13-,14-/m0/s1. The zero-order valence-corrected chi connectivity index (χ0v) is 12.6. The van der Waals surface area contributed by atoms with Gasteiger partial charge in [0.2, 0.25) is 0 Å². The zero-order chi connectivity index (χ0) is 15.1. The number of hydrogen-bond donors (Lipinski definition) is 0. The zero-order valence-electron chi connectivity index (χ0n) is 12.6. The largest absolute Gasteiger partial charge is 0.469 e. The Morgan fingerprint density at radius 1 is 1.10 bits per heavy atom. The molecule has 0 aromatic carbocycles. The third kappa shape index (κ3) is 3.30. The Bertz CT molecular complexity index is 409. The highest BCUT2D eigenvalue weighted by molar-refractivity contribution is 5.91. The van der Waals surface area contributed by atoms with Gasteiger partial charge in [-0.05, 0) is 18.4 Å². The third-order valence-electron chi connectivity index (χ3n) is 3.84. The Hall–Kier alpha value is -1.58. The number of ether oxygens (including phenoxy) is 2. The molecule has 0 saturated heterocycles. The summed E-state index contributed by atoms with van der Waals surface area (Å²) in [5, 5.41) is 0. The normalized spacial score (nSPS) is 21.1. The Balaban J connectivity index is 2.86. The fourth-order valence-corrected chi connectivity index (χ4v) is 2.76. The smallest absolute Gasteiger partial charge is 0.314 e. The fraction of sp³-hybridized carbons (Fsp3) is 0.625. The number of esters is 2. The van der Waals surface area contributed by atoms with Crippen LogP contribution in [0.3, 0.4) is 0 Å². The van der Waals surface area contributed by atoms with Gasteiger partial charge in [0.25, 0.3) is 0 Å². The van der Waals surface area contributed by atoms with E-state index in [2.05, 4.69) is 13.5 Å². The maximum absolute atomic E-state index is 11.9. The second kappa shape index (κ2) is 7.88. The van der Waals surface area contributed by atoms with Crippen LogP contribution in [0, 0.1) is 11.8 Å². The maximum atomic E-state index is 11.9. The van der Waals surface area contributed by atoms with Gasteiger partial charge in [-0.3, -0.25) is 9.59 Å². The quantitative estimate of drug-likeness (QED) is 0.506. The predicted octanol–water partition coefficient (Wildman–Crippen LogP) is 3.03. The van der Waals surface area contributed by atoms with Crippen molar-refractivity contribution in [3.05, 3.63) is 23.8 Å². The molecule has 0 aromatic rings. The van der Waals surface area contributed by atoms with Gasteiger partial charge < -0.3 is 9.47 Å². The Morgan fingerprint density at radius 2 is 1.70 bits per heavy atom. The van der Waals surface area contributed by atoms with Gasteiger partial charge in [-0.25, -0.2) is 0 Å². The summed E-state index contributed by atoms with van der Waals surface area (Å²) in [6, 6.07) is 0. The molecule has 0 aliphatic heterocycles. The number of unbranched alkanes of at least 4 members (excludes halogenated alkanes) is 3. The minimum atomic E-state index is -0.550. The Labute approximate surface area is 120 Å². The van der Waals surface area contributed by atoms with Gasteiger partial charge in [-0.2, -0.15) is 0 Å². The molecule has 0 bridgehead atoms. The molecule has 1 rings (SSSR count). The summed E-state index contributed by atoms with van der Waals surface area (Å²) in [5.41, 5.74) is 1.82. The molecular weight excluding hydrogens is 256 g/mol. The van der Waals surface area contributed by atoms with Crippen LogP contribution < -0.4 is 0 Å². The molecule has 1 aliphatic rings. The van der Waals surface area contributed by atoms with Crippen LogP contribution in [-0.4, -0.2) is 26.2 Å². The van der Waals surface area contributed by atoms with E-state index in [9.17, 15) is 9.59 Å². The topological polar surface area (TPSA) is 52.6 Å². The van der Waals surface area contributed by atoms with E-state index in [0.29, 0.717) is 0 Å². The predicted molar refractivity (Wildman–Crippen MR) is 77.0 cm³/mol. The van der Waals surface area contributed by atoms with Crippen LogP contribution in [0.25, 0.3) is 0 Å². The number of carbonyl (C=O) groups is 2. The molecule has 4 heteroatoms. The monoisotopic (exact) mass is 280 g/mol. The number of hydrogen-bond acceptors (Lipinski definition) is 4. The van der Waals surface area contributed by atoms with Crippen LogP contribution in [0.4, 0.5) is 0 Å². The van der Waals surface area contributed by atoms with Crippen LogP contribution in [0.2, 0.25) is 0 Å². The second-order valence-corrected chi connectivity index (χ2v) is 5.00. The summed E-state index contributed by atoms with van der Waals surface area (Å²) in [4.78, 5) is 23.7. The summed E-state index contributed by atoms with van der Waals surface area (Å²) in [6.07, 6.45) is 6.96. The number of rotatable bonds is 8. The highest BCUT2D eigenvalue weighted by Crippen LogP contribution is 2.45. The molecule has 2 atom stereocenters. The van der Waals surface area contributed by atoms with Crippen molar-refractivity contribution in [3.63, 3.8) is 0 Å². The van der Waals surface area contributed by atoms with Gasteiger partial charge in [-0.15, -0.1) is 0 Å². The molecule has 0 radical (unpaired) electrons. The van der Waals surface area contributed by atoms with Crippen molar-refractivity contribution in [1.82, 2.24) is 0 Å². The average Bonchev–Trinajstić information content (AvgIpc) is 2.45. The molecule has 0 unspecified atom stereocenters. The van der Waals surface area contributed by atoms with E-state index in [0.717, 1.165) is 30.4 Å². The molecule has 0 fully saturated rings. The summed E-state index contributed by atoms with van der Waals surface area (Å²) >= 11 is 0. The van der Waals surface area contributed by atoms with Crippen molar-refractivity contribution in [1.29, 1.82) is 0 Å². The average molecular weight is 280 g/mol.